The summed E-state index contributed by atoms with van der Waals surface area (Å²) in [7, 11) is 0. The number of carbonyl (C=O) groups excluding carboxylic acids is 1. The van der Waals surface area contributed by atoms with E-state index in [1.54, 1.807) is 25.3 Å². The SMILES string of the molecule is Cc1ccc(Cc2cnc(NC(=O)NC3CCN(Cc4ccccn4)CC3)s2)cc1F. The third-order valence-corrected chi connectivity index (χ3v) is 6.34. The van der Waals surface area contributed by atoms with Crippen molar-refractivity contribution in [3.8, 4) is 0 Å². The molecule has 1 fully saturated rings. The molecule has 1 aromatic carbocycles. The molecule has 0 radical (unpaired) electrons. The fourth-order valence-electron chi connectivity index (χ4n) is 3.67. The molecule has 0 aliphatic carbocycles. The van der Waals surface area contributed by atoms with Crippen molar-refractivity contribution in [2.75, 3.05) is 18.4 Å². The Bertz CT molecular complexity index is 1020. The number of thiazole rings is 1. The molecule has 1 saturated heterocycles. The van der Waals surface area contributed by atoms with Crippen LogP contribution >= 0.6 is 11.3 Å². The normalized spacial score (nSPS) is 15.0. The molecule has 2 aromatic heterocycles. The Morgan fingerprint density at radius 3 is 2.81 bits per heavy atom. The molecule has 0 bridgehead atoms. The molecule has 2 N–H and O–H groups in total. The van der Waals surface area contributed by atoms with Gasteiger partial charge in [-0.25, -0.2) is 14.2 Å². The van der Waals surface area contributed by atoms with Gasteiger partial charge in [-0.05, 0) is 49.1 Å². The van der Waals surface area contributed by atoms with Crippen LogP contribution in [0.15, 0.2) is 48.8 Å². The van der Waals surface area contributed by atoms with E-state index in [1.165, 1.54) is 11.3 Å². The van der Waals surface area contributed by atoms with Crippen molar-refractivity contribution < 1.29 is 9.18 Å². The lowest BCUT2D eigenvalue weighted by molar-refractivity contribution is 0.188. The number of piperidine rings is 1. The van der Waals surface area contributed by atoms with E-state index in [2.05, 4.69) is 25.5 Å². The minimum Gasteiger partial charge on any atom is -0.335 e. The lowest BCUT2D eigenvalue weighted by Crippen LogP contribution is -2.45. The predicted molar refractivity (Wildman–Crippen MR) is 121 cm³/mol. The van der Waals surface area contributed by atoms with Gasteiger partial charge in [0.15, 0.2) is 5.13 Å². The Labute approximate surface area is 185 Å². The molecule has 4 rings (SSSR count). The molecule has 8 heteroatoms. The number of nitrogens with one attached hydrogen (secondary N) is 2. The zero-order valence-electron chi connectivity index (χ0n) is 17.5. The summed E-state index contributed by atoms with van der Waals surface area (Å²) >= 11 is 1.41. The quantitative estimate of drug-likeness (QED) is 0.599. The van der Waals surface area contributed by atoms with Crippen LogP contribution in [0.1, 0.15) is 34.5 Å². The van der Waals surface area contributed by atoms with Gasteiger partial charge in [0.2, 0.25) is 0 Å². The van der Waals surface area contributed by atoms with Gasteiger partial charge in [0, 0.05) is 49.4 Å². The number of amides is 2. The van der Waals surface area contributed by atoms with Crippen molar-refractivity contribution in [3.63, 3.8) is 0 Å². The summed E-state index contributed by atoms with van der Waals surface area (Å²) in [5, 5.41) is 6.42. The molecular weight excluding hydrogens is 413 g/mol. The molecular formula is C23H26FN5OS. The van der Waals surface area contributed by atoms with Crippen LogP contribution in [0.3, 0.4) is 0 Å². The van der Waals surface area contributed by atoms with Crippen molar-refractivity contribution in [2.45, 2.75) is 38.8 Å². The number of urea groups is 1. The molecule has 0 atom stereocenters. The van der Waals surface area contributed by atoms with Gasteiger partial charge in [-0.2, -0.15) is 0 Å². The topological polar surface area (TPSA) is 70.2 Å². The largest absolute Gasteiger partial charge is 0.335 e. The first-order valence-electron chi connectivity index (χ1n) is 10.4. The van der Waals surface area contributed by atoms with Crippen LogP contribution in [-0.2, 0) is 13.0 Å². The summed E-state index contributed by atoms with van der Waals surface area (Å²) in [5.74, 6) is -0.203. The second-order valence-electron chi connectivity index (χ2n) is 7.86. The van der Waals surface area contributed by atoms with E-state index in [0.29, 0.717) is 17.1 Å². The van der Waals surface area contributed by atoms with E-state index >= 15 is 0 Å². The lowest BCUT2D eigenvalue weighted by Gasteiger charge is -2.32. The molecule has 31 heavy (non-hydrogen) atoms. The van der Waals surface area contributed by atoms with Gasteiger partial charge in [-0.1, -0.05) is 18.2 Å². The minimum atomic E-state index is -0.231. The molecule has 1 aliphatic heterocycles. The number of nitrogens with zero attached hydrogens (tertiary/aromatic N) is 3. The van der Waals surface area contributed by atoms with E-state index in [0.717, 1.165) is 48.6 Å². The number of rotatable bonds is 6. The molecule has 3 aromatic rings. The van der Waals surface area contributed by atoms with E-state index in [9.17, 15) is 9.18 Å². The maximum atomic E-state index is 13.7. The standard InChI is InChI=1S/C23H26FN5OS/c1-16-5-6-17(13-21(16)24)12-20-14-26-23(31-20)28-22(30)27-18-7-10-29(11-8-18)15-19-4-2-3-9-25-19/h2-6,9,13-14,18H,7-8,10-12,15H2,1H3,(H2,26,27,28,30). The summed E-state index contributed by atoms with van der Waals surface area (Å²) in [4.78, 5) is 24.4. The van der Waals surface area contributed by atoms with E-state index in [1.807, 2.05) is 30.5 Å². The van der Waals surface area contributed by atoms with Gasteiger partial charge >= 0.3 is 6.03 Å². The number of aromatic nitrogens is 2. The third kappa shape index (κ3) is 6.08. The Balaban J connectivity index is 1.22. The van der Waals surface area contributed by atoms with Gasteiger partial charge in [-0.3, -0.25) is 15.2 Å². The van der Waals surface area contributed by atoms with Crippen molar-refractivity contribution in [2.24, 2.45) is 0 Å². The second kappa shape index (κ2) is 9.98. The smallest absolute Gasteiger partial charge is 0.321 e. The summed E-state index contributed by atoms with van der Waals surface area (Å²) < 4.78 is 13.7. The lowest BCUT2D eigenvalue weighted by atomic mass is 10.1. The summed E-state index contributed by atoms with van der Waals surface area (Å²) in [6.45, 7) is 4.44. The van der Waals surface area contributed by atoms with Crippen LogP contribution in [0.5, 0.6) is 0 Å². The average molecular weight is 440 g/mol. The highest BCUT2D eigenvalue weighted by Gasteiger charge is 2.21. The van der Waals surface area contributed by atoms with E-state index < -0.39 is 0 Å². The zero-order valence-corrected chi connectivity index (χ0v) is 18.3. The monoisotopic (exact) mass is 439 g/mol. The number of hydrogen-bond donors (Lipinski definition) is 2. The highest BCUT2D eigenvalue weighted by atomic mass is 32.1. The van der Waals surface area contributed by atoms with Crippen LogP contribution in [0, 0.1) is 12.7 Å². The second-order valence-corrected chi connectivity index (χ2v) is 8.98. The predicted octanol–water partition coefficient (Wildman–Crippen LogP) is 4.36. The molecule has 1 aliphatic rings. The first-order valence-corrected chi connectivity index (χ1v) is 11.3. The Morgan fingerprint density at radius 1 is 1.23 bits per heavy atom. The molecule has 6 nitrogen and oxygen atoms in total. The maximum Gasteiger partial charge on any atom is 0.321 e. The summed E-state index contributed by atoms with van der Waals surface area (Å²) in [5.41, 5.74) is 2.59. The van der Waals surface area contributed by atoms with Gasteiger partial charge in [0.25, 0.3) is 0 Å². The van der Waals surface area contributed by atoms with Crippen molar-refractivity contribution in [1.29, 1.82) is 0 Å². The van der Waals surface area contributed by atoms with Gasteiger partial charge in [-0.15, -0.1) is 11.3 Å². The van der Waals surface area contributed by atoms with Crippen LogP contribution < -0.4 is 10.6 Å². The van der Waals surface area contributed by atoms with Crippen LogP contribution in [0.4, 0.5) is 14.3 Å². The van der Waals surface area contributed by atoms with E-state index in [4.69, 9.17) is 0 Å². The molecule has 0 unspecified atom stereocenters. The Morgan fingerprint density at radius 2 is 2.06 bits per heavy atom. The number of anilines is 1. The van der Waals surface area contributed by atoms with Crippen molar-refractivity contribution >= 4 is 22.5 Å². The molecule has 0 spiro atoms. The zero-order chi connectivity index (χ0) is 21.6. The first kappa shape index (κ1) is 21.4. The fraction of sp³-hybridized carbons (Fsp3) is 0.348. The molecule has 3 heterocycles. The number of hydrogen-bond acceptors (Lipinski definition) is 5. The minimum absolute atomic E-state index is 0.148. The van der Waals surface area contributed by atoms with Crippen molar-refractivity contribution in [1.82, 2.24) is 20.2 Å². The van der Waals surface area contributed by atoms with E-state index in [-0.39, 0.29) is 17.9 Å². The first-order chi connectivity index (χ1) is 15.0. The Hall–Kier alpha value is -2.84. The number of likely N-dealkylation sites (tertiary alicyclic amines) is 1. The third-order valence-electron chi connectivity index (χ3n) is 5.42. The highest BCUT2D eigenvalue weighted by molar-refractivity contribution is 7.15. The van der Waals surface area contributed by atoms with Gasteiger partial charge < -0.3 is 5.32 Å². The fourth-order valence-corrected chi connectivity index (χ4v) is 4.51. The average Bonchev–Trinajstić information content (AvgIpc) is 3.19. The highest BCUT2D eigenvalue weighted by Crippen LogP contribution is 2.22. The maximum absolute atomic E-state index is 13.7. The summed E-state index contributed by atoms with van der Waals surface area (Å²) in [6.07, 6.45) is 5.95. The number of aryl methyl sites for hydroxylation is 1. The van der Waals surface area contributed by atoms with Crippen LogP contribution in [-0.4, -0.2) is 40.0 Å². The molecule has 0 saturated carbocycles. The number of halogens is 1. The van der Waals surface area contributed by atoms with Crippen LogP contribution in [0.25, 0.3) is 0 Å². The molecule has 2 amide bonds. The van der Waals surface area contributed by atoms with Crippen LogP contribution in [0.2, 0.25) is 0 Å². The van der Waals surface area contributed by atoms with Gasteiger partial charge in [0.05, 0.1) is 5.69 Å². The van der Waals surface area contributed by atoms with Gasteiger partial charge in [0.1, 0.15) is 5.82 Å². The number of carbonyl (C=O) groups is 1. The molecule has 162 valence electrons. The van der Waals surface area contributed by atoms with Crippen molar-refractivity contribution in [3.05, 3.63) is 76.3 Å². The number of benzene rings is 1. The Kier molecular flexibility index (Phi) is 6.89. The number of pyridine rings is 1. The summed E-state index contributed by atoms with van der Waals surface area (Å²) in [6, 6.07) is 11.1.